The van der Waals surface area contributed by atoms with E-state index < -0.39 is 0 Å². The van der Waals surface area contributed by atoms with Crippen LogP contribution in [0.5, 0.6) is 11.5 Å². The number of hydrogen-bond acceptors (Lipinski definition) is 7. The predicted molar refractivity (Wildman–Crippen MR) is 85.1 cm³/mol. The van der Waals surface area contributed by atoms with Gasteiger partial charge in [-0.25, -0.2) is 0 Å². The lowest BCUT2D eigenvalue weighted by Crippen LogP contribution is -2.22. The molecule has 0 aliphatic carbocycles. The van der Waals surface area contributed by atoms with E-state index in [1.54, 1.807) is 14.2 Å². The summed E-state index contributed by atoms with van der Waals surface area (Å²) >= 11 is 0. The molecule has 0 unspecified atom stereocenters. The maximum atomic E-state index is 5.33. The average molecular weight is 314 g/mol. The number of hydrogen-bond donors (Lipinski definition) is 0. The van der Waals surface area contributed by atoms with Crippen molar-refractivity contribution in [2.75, 3.05) is 32.7 Å². The zero-order valence-electron chi connectivity index (χ0n) is 13.3. The van der Waals surface area contributed by atoms with E-state index in [1.165, 1.54) is 4.63 Å². The second-order valence-corrected chi connectivity index (χ2v) is 5.08. The molecule has 0 saturated heterocycles. The molecule has 0 aliphatic rings. The number of benzene rings is 1. The molecule has 0 atom stereocenters. The van der Waals surface area contributed by atoms with E-state index >= 15 is 0 Å². The smallest absolute Gasteiger partial charge is 0.200 e. The molecule has 2 heterocycles. The summed E-state index contributed by atoms with van der Waals surface area (Å²) in [6.45, 7) is 0.802. The molecule has 3 rings (SSSR count). The third kappa shape index (κ3) is 3.15. The normalized spacial score (nSPS) is 10.7. The van der Waals surface area contributed by atoms with E-state index in [0.29, 0.717) is 5.65 Å². The minimum atomic E-state index is 0.627. The van der Waals surface area contributed by atoms with Gasteiger partial charge in [-0.3, -0.25) is 0 Å². The molecule has 3 aromatic rings. The highest BCUT2D eigenvalue weighted by Gasteiger charge is 2.08. The van der Waals surface area contributed by atoms with Crippen molar-refractivity contribution >= 4 is 11.5 Å². The minimum Gasteiger partial charge on any atom is -0.493 e. The SMILES string of the molecule is COc1ccc(CCN(C)c2ccc3nnnn3n2)cc1OC. The Bertz CT molecular complexity index is 804. The lowest BCUT2D eigenvalue weighted by atomic mass is 10.1. The van der Waals surface area contributed by atoms with Gasteiger partial charge in [0.15, 0.2) is 23.0 Å². The van der Waals surface area contributed by atoms with Gasteiger partial charge in [0.25, 0.3) is 0 Å². The summed E-state index contributed by atoms with van der Waals surface area (Å²) in [4.78, 5) is 2.05. The van der Waals surface area contributed by atoms with Crippen molar-refractivity contribution in [1.29, 1.82) is 0 Å². The lowest BCUT2D eigenvalue weighted by molar-refractivity contribution is 0.354. The van der Waals surface area contributed by atoms with E-state index in [9.17, 15) is 0 Å². The maximum absolute atomic E-state index is 5.33. The first kappa shape index (κ1) is 15.0. The Morgan fingerprint density at radius 3 is 2.70 bits per heavy atom. The number of methoxy groups -OCH3 is 2. The largest absolute Gasteiger partial charge is 0.493 e. The Labute approximate surface area is 133 Å². The van der Waals surface area contributed by atoms with Gasteiger partial charge in [-0.1, -0.05) is 6.07 Å². The quantitative estimate of drug-likeness (QED) is 0.677. The van der Waals surface area contributed by atoms with E-state index in [2.05, 4.69) is 25.5 Å². The van der Waals surface area contributed by atoms with Crippen LogP contribution in [0.1, 0.15) is 5.56 Å². The van der Waals surface area contributed by atoms with Crippen LogP contribution in [0.25, 0.3) is 5.65 Å². The highest BCUT2D eigenvalue weighted by molar-refractivity contribution is 5.45. The second kappa shape index (κ2) is 6.47. The van der Waals surface area contributed by atoms with Gasteiger partial charge < -0.3 is 14.4 Å². The van der Waals surface area contributed by atoms with Crippen molar-refractivity contribution in [3.63, 3.8) is 0 Å². The first-order chi connectivity index (χ1) is 11.2. The average Bonchev–Trinajstić information content (AvgIpc) is 3.06. The Morgan fingerprint density at radius 2 is 1.91 bits per heavy atom. The van der Waals surface area contributed by atoms with Crippen LogP contribution in [-0.4, -0.2) is 53.1 Å². The molecule has 0 saturated carbocycles. The molecule has 1 aromatic carbocycles. The maximum Gasteiger partial charge on any atom is 0.200 e. The summed E-state index contributed by atoms with van der Waals surface area (Å²) in [5.74, 6) is 2.28. The number of aromatic nitrogens is 5. The van der Waals surface area contributed by atoms with Gasteiger partial charge in [0.2, 0.25) is 0 Å². The van der Waals surface area contributed by atoms with Crippen molar-refractivity contribution < 1.29 is 9.47 Å². The van der Waals surface area contributed by atoms with Crippen LogP contribution in [-0.2, 0) is 6.42 Å². The summed E-state index contributed by atoms with van der Waals surface area (Å²) in [6, 6.07) is 9.69. The van der Waals surface area contributed by atoms with Crippen LogP contribution in [0.3, 0.4) is 0 Å². The van der Waals surface area contributed by atoms with Gasteiger partial charge >= 0.3 is 0 Å². The first-order valence-corrected chi connectivity index (χ1v) is 7.18. The number of anilines is 1. The van der Waals surface area contributed by atoms with Crippen LogP contribution < -0.4 is 14.4 Å². The fourth-order valence-corrected chi connectivity index (χ4v) is 2.29. The molecule has 0 amide bonds. The number of tetrazole rings is 1. The van der Waals surface area contributed by atoms with Gasteiger partial charge in [-0.05, 0) is 46.7 Å². The fraction of sp³-hybridized carbons (Fsp3) is 0.333. The number of fused-ring (bicyclic) bond motifs is 1. The van der Waals surface area contributed by atoms with Crippen molar-refractivity contribution in [3.05, 3.63) is 35.9 Å². The summed E-state index contributed by atoms with van der Waals surface area (Å²) in [5, 5.41) is 15.6. The predicted octanol–water partition coefficient (Wildman–Crippen LogP) is 1.22. The minimum absolute atomic E-state index is 0.627. The number of rotatable bonds is 6. The molecule has 120 valence electrons. The van der Waals surface area contributed by atoms with Crippen LogP contribution in [0.2, 0.25) is 0 Å². The Hall–Kier alpha value is -2.90. The molecule has 0 bridgehead atoms. The highest BCUT2D eigenvalue weighted by atomic mass is 16.5. The van der Waals surface area contributed by atoms with Gasteiger partial charge in [0.1, 0.15) is 0 Å². The van der Waals surface area contributed by atoms with Crippen molar-refractivity contribution in [2.45, 2.75) is 6.42 Å². The topological polar surface area (TPSA) is 77.7 Å². The van der Waals surface area contributed by atoms with Gasteiger partial charge in [0.05, 0.1) is 14.2 Å². The van der Waals surface area contributed by atoms with Crippen LogP contribution >= 0.6 is 0 Å². The molecule has 0 aliphatic heterocycles. The van der Waals surface area contributed by atoms with E-state index in [0.717, 1.165) is 35.8 Å². The van der Waals surface area contributed by atoms with E-state index in [-0.39, 0.29) is 0 Å². The first-order valence-electron chi connectivity index (χ1n) is 7.18. The van der Waals surface area contributed by atoms with Crippen LogP contribution in [0.4, 0.5) is 5.82 Å². The summed E-state index contributed by atoms with van der Waals surface area (Å²) in [7, 11) is 5.25. The molecule has 0 spiro atoms. The molecule has 0 radical (unpaired) electrons. The summed E-state index contributed by atoms with van der Waals surface area (Å²) in [5.41, 5.74) is 1.79. The molecule has 0 fully saturated rings. The third-order valence-electron chi connectivity index (χ3n) is 3.63. The Morgan fingerprint density at radius 1 is 1.09 bits per heavy atom. The van der Waals surface area contributed by atoms with E-state index in [4.69, 9.17) is 9.47 Å². The second-order valence-electron chi connectivity index (χ2n) is 5.08. The van der Waals surface area contributed by atoms with Gasteiger partial charge in [0, 0.05) is 13.6 Å². The van der Waals surface area contributed by atoms with Crippen molar-refractivity contribution in [3.8, 4) is 11.5 Å². The number of likely N-dealkylation sites (N-methyl/N-ethyl adjacent to an activating group) is 1. The van der Waals surface area contributed by atoms with Gasteiger partial charge in [-0.15, -0.1) is 14.8 Å². The standard InChI is InChI=1S/C15H18N6O2/c1-20(15-7-6-14-16-18-19-21(14)17-15)9-8-11-4-5-12(22-2)13(10-11)23-3/h4-7,10H,8-9H2,1-3H3. The molecule has 23 heavy (non-hydrogen) atoms. The number of nitrogens with zero attached hydrogens (tertiary/aromatic N) is 6. The van der Waals surface area contributed by atoms with Gasteiger partial charge in [-0.2, -0.15) is 0 Å². The number of ether oxygens (including phenoxy) is 2. The van der Waals surface area contributed by atoms with Crippen molar-refractivity contribution in [2.24, 2.45) is 0 Å². The van der Waals surface area contributed by atoms with E-state index in [1.807, 2.05) is 37.4 Å². The molecule has 8 heteroatoms. The Balaban J connectivity index is 1.69. The summed E-state index contributed by atoms with van der Waals surface area (Å²) in [6.07, 6.45) is 0.853. The molecule has 8 nitrogen and oxygen atoms in total. The third-order valence-corrected chi connectivity index (χ3v) is 3.63. The zero-order valence-corrected chi connectivity index (χ0v) is 13.3. The van der Waals surface area contributed by atoms with Crippen LogP contribution in [0.15, 0.2) is 30.3 Å². The lowest BCUT2D eigenvalue weighted by Gasteiger charge is -2.18. The molecular formula is C15H18N6O2. The fourth-order valence-electron chi connectivity index (χ4n) is 2.29. The van der Waals surface area contributed by atoms with Crippen molar-refractivity contribution in [1.82, 2.24) is 25.3 Å². The Kier molecular flexibility index (Phi) is 4.22. The summed E-state index contributed by atoms with van der Waals surface area (Å²) < 4.78 is 12.0. The monoisotopic (exact) mass is 314 g/mol. The molecule has 0 N–H and O–H groups in total. The zero-order chi connectivity index (χ0) is 16.2. The highest BCUT2D eigenvalue weighted by Crippen LogP contribution is 2.27. The molecule has 2 aromatic heterocycles. The van der Waals surface area contributed by atoms with Crippen LogP contribution in [0, 0.1) is 0 Å². The molecular weight excluding hydrogens is 296 g/mol.